The van der Waals surface area contributed by atoms with Crippen LogP contribution in [0.4, 0.5) is 0 Å². The van der Waals surface area contributed by atoms with Crippen LogP contribution in [0.2, 0.25) is 0 Å². The summed E-state index contributed by atoms with van der Waals surface area (Å²) in [4.78, 5) is 0. The Labute approximate surface area is 92.9 Å². The van der Waals surface area contributed by atoms with Gasteiger partial charge in [0.2, 0.25) is 0 Å². The fraction of sp³-hybridized carbons (Fsp3) is 0.786. The molecule has 0 aromatic rings. The van der Waals surface area contributed by atoms with Crippen LogP contribution in [0, 0.1) is 16.7 Å². The smallest absolute Gasteiger partial charge is 0.0471 e. The van der Waals surface area contributed by atoms with Crippen LogP contribution in [0.5, 0.6) is 0 Å². The second-order valence-electron chi connectivity index (χ2n) is 5.83. The zero-order chi connectivity index (χ0) is 11.1. The zero-order valence-electron chi connectivity index (χ0n) is 10.1. The second kappa shape index (κ2) is 3.50. The summed E-state index contributed by atoms with van der Waals surface area (Å²) >= 11 is 0. The number of hydrogen-bond acceptors (Lipinski definition) is 1. The molecule has 1 nitrogen and oxygen atoms in total. The quantitative estimate of drug-likeness (QED) is 0.687. The minimum Gasteiger partial charge on any atom is -0.396 e. The summed E-state index contributed by atoms with van der Waals surface area (Å²) in [6.45, 7) is 7.45. The Morgan fingerprint density at radius 1 is 1.47 bits per heavy atom. The SMILES string of the molecule is CC1(C)[C@@H]2CC[C@@]1(C)C(=C=CCCO)C2. The van der Waals surface area contributed by atoms with Crippen molar-refractivity contribution in [2.75, 3.05) is 6.61 Å². The second-order valence-corrected chi connectivity index (χ2v) is 5.83. The van der Waals surface area contributed by atoms with Gasteiger partial charge in [0.15, 0.2) is 0 Å². The molecule has 2 rings (SSSR count). The number of rotatable bonds is 2. The van der Waals surface area contributed by atoms with Crippen molar-refractivity contribution in [1.82, 2.24) is 0 Å². The van der Waals surface area contributed by atoms with Gasteiger partial charge in [-0.05, 0) is 48.7 Å². The van der Waals surface area contributed by atoms with Crippen molar-refractivity contribution >= 4 is 0 Å². The van der Waals surface area contributed by atoms with Crippen molar-refractivity contribution in [3.63, 3.8) is 0 Å². The molecule has 15 heavy (non-hydrogen) atoms. The van der Waals surface area contributed by atoms with E-state index in [2.05, 4.69) is 26.5 Å². The van der Waals surface area contributed by atoms with Crippen LogP contribution in [0.1, 0.15) is 46.5 Å². The normalized spacial score (nSPS) is 36.8. The first-order valence-corrected chi connectivity index (χ1v) is 6.08. The molecule has 0 aliphatic heterocycles. The van der Waals surface area contributed by atoms with Crippen molar-refractivity contribution < 1.29 is 5.11 Å². The van der Waals surface area contributed by atoms with Gasteiger partial charge in [-0.3, -0.25) is 0 Å². The van der Waals surface area contributed by atoms with E-state index in [1.165, 1.54) is 24.8 Å². The molecule has 2 atom stereocenters. The molecule has 2 fully saturated rings. The summed E-state index contributed by atoms with van der Waals surface area (Å²) in [5.74, 6) is 0.854. The molecule has 0 radical (unpaired) electrons. The van der Waals surface area contributed by atoms with E-state index in [0.717, 1.165) is 12.3 Å². The number of aliphatic hydroxyl groups excluding tert-OH is 1. The molecule has 2 saturated carbocycles. The summed E-state index contributed by atoms with van der Waals surface area (Å²) in [6.07, 6.45) is 6.68. The highest BCUT2D eigenvalue weighted by molar-refractivity contribution is 5.28. The summed E-state index contributed by atoms with van der Waals surface area (Å²) < 4.78 is 0. The molecule has 0 amide bonds. The van der Waals surface area contributed by atoms with Crippen molar-refractivity contribution in [1.29, 1.82) is 0 Å². The van der Waals surface area contributed by atoms with Crippen LogP contribution >= 0.6 is 0 Å². The third-order valence-corrected chi connectivity index (χ3v) is 5.10. The average Bonchev–Trinajstić information content (AvgIpc) is 2.51. The number of aliphatic hydroxyl groups is 1. The molecule has 0 saturated heterocycles. The lowest BCUT2D eigenvalue weighted by Crippen LogP contribution is -2.27. The van der Waals surface area contributed by atoms with E-state index in [4.69, 9.17) is 5.11 Å². The van der Waals surface area contributed by atoms with Crippen molar-refractivity contribution in [2.24, 2.45) is 16.7 Å². The highest BCUT2D eigenvalue weighted by atomic mass is 16.2. The Morgan fingerprint density at radius 2 is 2.20 bits per heavy atom. The first-order chi connectivity index (χ1) is 7.02. The van der Waals surface area contributed by atoms with E-state index < -0.39 is 0 Å². The molecule has 0 unspecified atom stereocenters. The topological polar surface area (TPSA) is 20.2 Å². The first kappa shape index (κ1) is 11.0. The Kier molecular flexibility index (Phi) is 2.56. The monoisotopic (exact) mass is 206 g/mol. The van der Waals surface area contributed by atoms with Gasteiger partial charge in [-0.15, -0.1) is 5.73 Å². The minimum atomic E-state index is 0.240. The van der Waals surface area contributed by atoms with Gasteiger partial charge in [0.05, 0.1) is 0 Å². The van der Waals surface area contributed by atoms with Crippen molar-refractivity contribution in [2.45, 2.75) is 46.5 Å². The van der Waals surface area contributed by atoms with Crippen molar-refractivity contribution in [3.8, 4) is 0 Å². The van der Waals surface area contributed by atoms with E-state index in [1.54, 1.807) is 0 Å². The molecule has 0 spiro atoms. The van der Waals surface area contributed by atoms with Gasteiger partial charge in [-0.25, -0.2) is 0 Å². The van der Waals surface area contributed by atoms with E-state index in [-0.39, 0.29) is 6.61 Å². The summed E-state index contributed by atoms with van der Waals surface area (Å²) in [5, 5.41) is 8.76. The molecule has 0 aromatic heterocycles. The molecule has 2 bridgehead atoms. The predicted molar refractivity (Wildman–Crippen MR) is 62.5 cm³/mol. The first-order valence-electron chi connectivity index (χ1n) is 6.08. The van der Waals surface area contributed by atoms with Gasteiger partial charge in [0.1, 0.15) is 0 Å². The highest BCUT2D eigenvalue weighted by Crippen LogP contribution is 2.67. The van der Waals surface area contributed by atoms with Gasteiger partial charge in [-0.2, -0.15) is 0 Å². The lowest BCUT2D eigenvalue weighted by Gasteiger charge is -2.34. The van der Waals surface area contributed by atoms with Gasteiger partial charge in [-0.1, -0.05) is 20.8 Å². The van der Waals surface area contributed by atoms with E-state index in [0.29, 0.717) is 10.8 Å². The maximum absolute atomic E-state index is 8.76. The Balaban J connectivity index is 2.30. The van der Waals surface area contributed by atoms with Gasteiger partial charge in [0.25, 0.3) is 0 Å². The number of fused-ring (bicyclic) bond motifs is 2. The standard InChI is InChI=1S/C14H22O/c1-13(2)11-7-8-14(13,3)12(10-11)6-4-5-9-15/h4,11,15H,5,7-10H2,1-3H3/t6?,11-,14+/m1/s1. The molecular formula is C14H22O. The van der Waals surface area contributed by atoms with Crippen LogP contribution < -0.4 is 0 Å². The van der Waals surface area contributed by atoms with Crippen LogP contribution in [0.15, 0.2) is 17.4 Å². The lowest BCUT2D eigenvalue weighted by molar-refractivity contribution is 0.179. The summed E-state index contributed by atoms with van der Waals surface area (Å²) in [5.41, 5.74) is 5.75. The van der Waals surface area contributed by atoms with Crippen LogP contribution in [-0.4, -0.2) is 11.7 Å². The maximum atomic E-state index is 8.76. The highest BCUT2D eigenvalue weighted by Gasteiger charge is 2.58. The number of hydrogen-bond donors (Lipinski definition) is 1. The maximum Gasteiger partial charge on any atom is 0.0471 e. The van der Waals surface area contributed by atoms with Crippen LogP contribution in [-0.2, 0) is 0 Å². The van der Waals surface area contributed by atoms with Crippen molar-refractivity contribution in [3.05, 3.63) is 17.4 Å². The fourth-order valence-electron chi connectivity index (χ4n) is 3.44. The molecular weight excluding hydrogens is 184 g/mol. The zero-order valence-corrected chi connectivity index (χ0v) is 10.1. The molecule has 84 valence electrons. The summed E-state index contributed by atoms with van der Waals surface area (Å²) in [7, 11) is 0. The molecule has 2 aliphatic rings. The fourth-order valence-corrected chi connectivity index (χ4v) is 3.44. The minimum absolute atomic E-state index is 0.240. The predicted octanol–water partition coefficient (Wildman–Crippen LogP) is 3.30. The Morgan fingerprint density at radius 3 is 2.67 bits per heavy atom. The molecule has 2 aliphatic carbocycles. The lowest BCUT2D eigenvalue weighted by atomic mass is 9.69. The Bertz CT molecular complexity index is 320. The third kappa shape index (κ3) is 1.41. The third-order valence-electron chi connectivity index (χ3n) is 5.10. The molecule has 1 N–H and O–H groups in total. The van der Waals surface area contributed by atoms with E-state index in [1.807, 2.05) is 6.08 Å². The Hall–Kier alpha value is -0.520. The van der Waals surface area contributed by atoms with Crippen LogP contribution in [0.25, 0.3) is 0 Å². The van der Waals surface area contributed by atoms with Gasteiger partial charge < -0.3 is 5.11 Å². The van der Waals surface area contributed by atoms with Gasteiger partial charge in [0, 0.05) is 12.0 Å². The average molecular weight is 206 g/mol. The van der Waals surface area contributed by atoms with E-state index >= 15 is 0 Å². The van der Waals surface area contributed by atoms with E-state index in [9.17, 15) is 0 Å². The molecule has 0 heterocycles. The van der Waals surface area contributed by atoms with Gasteiger partial charge >= 0.3 is 0 Å². The molecule has 1 heteroatoms. The molecule has 0 aromatic carbocycles. The summed E-state index contributed by atoms with van der Waals surface area (Å²) in [6, 6.07) is 0. The van der Waals surface area contributed by atoms with Crippen LogP contribution in [0.3, 0.4) is 0 Å². The largest absolute Gasteiger partial charge is 0.396 e.